The number of halogens is 2. The molecule has 6 heteroatoms. The molecule has 4 nitrogen and oxygen atoms in total. The largest absolute Gasteiger partial charge is 0.354 e. The summed E-state index contributed by atoms with van der Waals surface area (Å²) in [7, 11) is 0. The maximum absolute atomic E-state index is 13.1. The van der Waals surface area contributed by atoms with Crippen molar-refractivity contribution in [2.24, 2.45) is 0 Å². The molecule has 0 aliphatic rings. The van der Waals surface area contributed by atoms with Crippen molar-refractivity contribution in [2.75, 3.05) is 5.32 Å². The summed E-state index contributed by atoms with van der Waals surface area (Å²) in [6, 6.07) is 8.85. The van der Waals surface area contributed by atoms with Crippen LogP contribution in [-0.4, -0.2) is 15.8 Å². The number of rotatable bonds is 5. The van der Waals surface area contributed by atoms with Crippen molar-refractivity contribution in [3.05, 3.63) is 83.4 Å². The Labute approximate surface area is 143 Å². The van der Waals surface area contributed by atoms with E-state index < -0.39 is 5.95 Å². The third-order valence-corrected chi connectivity index (χ3v) is 3.76. The Bertz CT molecular complexity index is 911. The highest BCUT2D eigenvalue weighted by atomic mass is 19.1. The Morgan fingerprint density at radius 2 is 1.88 bits per heavy atom. The number of Topliss-reactive ketones (excluding diaryl/α,β-unsaturated/α-hetero) is 1. The lowest BCUT2D eigenvalue weighted by molar-refractivity contribution is 0.0992. The number of hydrogen-bond acceptors (Lipinski definition) is 4. The Morgan fingerprint density at radius 3 is 2.60 bits per heavy atom. The van der Waals surface area contributed by atoms with Crippen LogP contribution in [0.3, 0.4) is 0 Å². The highest BCUT2D eigenvalue weighted by Gasteiger charge is 2.14. The van der Waals surface area contributed by atoms with Gasteiger partial charge < -0.3 is 5.32 Å². The third kappa shape index (κ3) is 4.03. The minimum atomic E-state index is -0.614. The van der Waals surface area contributed by atoms with Crippen molar-refractivity contribution in [2.45, 2.75) is 13.3 Å². The van der Waals surface area contributed by atoms with Gasteiger partial charge in [-0.2, -0.15) is 4.39 Å². The number of aryl methyl sites for hydroxylation is 1. The van der Waals surface area contributed by atoms with Crippen LogP contribution in [-0.2, 0) is 6.42 Å². The summed E-state index contributed by atoms with van der Waals surface area (Å²) in [5, 5.41) is 3.12. The lowest BCUT2D eigenvalue weighted by atomic mass is 10.0. The van der Waals surface area contributed by atoms with Gasteiger partial charge in [0.2, 0.25) is 5.95 Å². The fourth-order valence-electron chi connectivity index (χ4n) is 2.46. The predicted octanol–water partition coefficient (Wildman–Crippen LogP) is 4.23. The molecule has 3 aromatic rings. The number of carbonyl (C=O) groups is 1. The summed E-state index contributed by atoms with van der Waals surface area (Å²) in [6.07, 6.45) is 4.55. The van der Waals surface area contributed by atoms with Crippen molar-refractivity contribution in [3.63, 3.8) is 0 Å². The van der Waals surface area contributed by atoms with E-state index in [1.54, 1.807) is 37.5 Å². The molecule has 0 radical (unpaired) electrons. The second kappa shape index (κ2) is 7.17. The van der Waals surface area contributed by atoms with Crippen molar-refractivity contribution in [3.8, 4) is 0 Å². The molecule has 0 bridgehead atoms. The van der Waals surface area contributed by atoms with Crippen LogP contribution >= 0.6 is 0 Å². The zero-order valence-electron chi connectivity index (χ0n) is 13.5. The smallest absolute Gasteiger partial charge is 0.213 e. The highest BCUT2D eigenvalue weighted by Crippen LogP contribution is 2.22. The Morgan fingerprint density at radius 1 is 1.12 bits per heavy atom. The van der Waals surface area contributed by atoms with E-state index in [-0.39, 0.29) is 18.0 Å². The molecule has 0 spiro atoms. The van der Waals surface area contributed by atoms with Gasteiger partial charge >= 0.3 is 0 Å². The molecule has 0 atom stereocenters. The number of carbonyl (C=O) groups excluding carboxylic acids is 1. The van der Waals surface area contributed by atoms with E-state index in [0.717, 1.165) is 5.56 Å². The molecule has 0 amide bonds. The lowest BCUT2D eigenvalue weighted by Gasteiger charge is -2.12. The van der Waals surface area contributed by atoms with Crippen LogP contribution < -0.4 is 5.32 Å². The Kier molecular flexibility index (Phi) is 4.79. The summed E-state index contributed by atoms with van der Waals surface area (Å²) in [5.41, 5.74) is 2.98. The lowest BCUT2D eigenvalue weighted by Crippen LogP contribution is -2.09. The fraction of sp³-hybridized carbons (Fsp3) is 0.105. The van der Waals surface area contributed by atoms with Gasteiger partial charge in [0.05, 0.1) is 11.9 Å². The van der Waals surface area contributed by atoms with Crippen LogP contribution in [0.1, 0.15) is 21.5 Å². The van der Waals surface area contributed by atoms with Crippen LogP contribution in [0.5, 0.6) is 0 Å². The Balaban J connectivity index is 1.83. The van der Waals surface area contributed by atoms with Crippen LogP contribution in [0.25, 0.3) is 0 Å². The molecule has 0 saturated carbocycles. The molecule has 0 aliphatic heterocycles. The maximum Gasteiger partial charge on any atom is 0.213 e. The van der Waals surface area contributed by atoms with Crippen molar-refractivity contribution in [1.29, 1.82) is 0 Å². The van der Waals surface area contributed by atoms with Gasteiger partial charge in [0.15, 0.2) is 5.78 Å². The van der Waals surface area contributed by atoms with Gasteiger partial charge in [-0.15, -0.1) is 0 Å². The van der Waals surface area contributed by atoms with E-state index in [1.165, 1.54) is 24.4 Å². The molecule has 0 fully saturated rings. The zero-order valence-corrected chi connectivity index (χ0v) is 13.5. The van der Waals surface area contributed by atoms with Crippen LogP contribution in [0, 0.1) is 18.7 Å². The average Bonchev–Trinajstić information content (AvgIpc) is 2.58. The summed E-state index contributed by atoms with van der Waals surface area (Å²) >= 11 is 0. The molecule has 1 N–H and O–H groups in total. The number of nitrogens with zero attached hydrogens (tertiary/aromatic N) is 2. The number of ketones is 1. The molecular weight excluding hydrogens is 324 g/mol. The predicted molar refractivity (Wildman–Crippen MR) is 90.9 cm³/mol. The molecular formula is C19H15F2N3O. The van der Waals surface area contributed by atoms with E-state index >= 15 is 0 Å². The SMILES string of the molecule is Cc1cc(F)ncc1C(=O)Cc1ccncc1Nc1ccc(F)cc1. The first-order chi connectivity index (χ1) is 12.0. The number of anilines is 2. The van der Waals surface area contributed by atoms with Gasteiger partial charge in [0.1, 0.15) is 5.82 Å². The molecule has 3 rings (SSSR count). The third-order valence-electron chi connectivity index (χ3n) is 3.76. The Hall–Kier alpha value is -3.15. The van der Waals surface area contributed by atoms with Crippen LogP contribution in [0.2, 0.25) is 0 Å². The van der Waals surface area contributed by atoms with E-state index in [0.29, 0.717) is 22.5 Å². The normalized spacial score (nSPS) is 10.5. The van der Waals surface area contributed by atoms with Crippen molar-refractivity contribution < 1.29 is 13.6 Å². The second-order valence-electron chi connectivity index (χ2n) is 5.59. The number of aromatic nitrogens is 2. The van der Waals surface area contributed by atoms with Gasteiger partial charge in [-0.1, -0.05) is 0 Å². The minimum Gasteiger partial charge on any atom is -0.354 e. The highest BCUT2D eigenvalue weighted by molar-refractivity contribution is 5.99. The summed E-state index contributed by atoms with van der Waals surface area (Å²) in [4.78, 5) is 20.1. The number of pyridine rings is 2. The number of hydrogen-bond donors (Lipinski definition) is 1. The molecule has 0 unspecified atom stereocenters. The van der Waals surface area contributed by atoms with E-state index in [9.17, 15) is 13.6 Å². The minimum absolute atomic E-state index is 0.111. The molecule has 2 heterocycles. The van der Waals surface area contributed by atoms with Gasteiger partial charge in [-0.05, 0) is 54.4 Å². The van der Waals surface area contributed by atoms with Crippen LogP contribution in [0.15, 0.2) is 55.0 Å². The van der Waals surface area contributed by atoms with Crippen molar-refractivity contribution >= 4 is 17.2 Å². The van der Waals surface area contributed by atoms with Gasteiger partial charge in [-0.25, -0.2) is 9.37 Å². The quantitative estimate of drug-likeness (QED) is 0.558. The van der Waals surface area contributed by atoms with E-state index in [1.807, 2.05) is 0 Å². The monoisotopic (exact) mass is 339 g/mol. The second-order valence-corrected chi connectivity index (χ2v) is 5.59. The first kappa shape index (κ1) is 16.7. The maximum atomic E-state index is 13.1. The topological polar surface area (TPSA) is 54.9 Å². The standard InChI is InChI=1S/C19H15F2N3O/c1-12-8-19(21)23-10-16(12)18(25)9-13-6-7-22-11-17(13)24-15-4-2-14(20)3-5-15/h2-8,10-11,24H,9H2,1H3. The first-order valence-corrected chi connectivity index (χ1v) is 7.64. The number of nitrogens with one attached hydrogen (secondary N) is 1. The molecule has 2 aromatic heterocycles. The molecule has 1 aromatic carbocycles. The van der Waals surface area contributed by atoms with Gasteiger partial charge in [0, 0.05) is 30.1 Å². The van der Waals surface area contributed by atoms with Crippen LogP contribution in [0.4, 0.5) is 20.2 Å². The fourth-order valence-corrected chi connectivity index (χ4v) is 2.46. The average molecular weight is 339 g/mol. The van der Waals surface area contributed by atoms with Gasteiger partial charge in [0.25, 0.3) is 0 Å². The van der Waals surface area contributed by atoms with E-state index in [2.05, 4.69) is 15.3 Å². The molecule has 25 heavy (non-hydrogen) atoms. The molecule has 126 valence electrons. The summed E-state index contributed by atoms with van der Waals surface area (Å²) in [6.45, 7) is 1.67. The van der Waals surface area contributed by atoms with Crippen molar-refractivity contribution in [1.82, 2.24) is 9.97 Å². The molecule has 0 saturated heterocycles. The van der Waals surface area contributed by atoms with E-state index in [4.69, 9.17) is 0 Å². The summed E-state index contributed by atoms with van der Waals surface area (Å²) in [5.74, 6) is -1.11. The first-order valence-electron chi connectivity index (χ1n) is 7.64. The zero-order chi connectivity index (χ0) is 17.8. The van der Waals surface area contributed by atoms with Gasteiger partial charge in [-0.3, -0.25) is 9.78 Å². The molecule has 0 aliphatic carbocycles. The number of benzene rings is 1. The summed E-state index contributed by atoms with van der Waals surface area (Å²) < 4.78 is 26.1.